The van der Waals surface area contributed by atoms with Crippen molar-refractivity contribution in [3.63, 3.8) is 0 Å². The normalized spacial score (nSPS) is 12.2. The number of para-hydroxylation sites is 2. The molecule has 2 aromatic carbocycles. The predicted molar refractivity (Wildman–Crippen MR) is 85.2 cm³/mol. The van der Waals surface area contributed by atoms with Gasteiger partial charge in [0.2, 0.25) is 0 Å². The average molecular weight is 287 g/mol. The van der Waals surface area contributed by atoms with Crippen molar-refractivity contribution in [2.45, 2.75) is 26.8 Å². The van der Waals surface area contributed by atoms with Crippen molar-refractivity contribution in [3.8, 4) is 5.75 Å². The summed E-state index contributed by atoms with van der Waals surface area (Å²) in [5, 5.41) is 3.39. The quantitative estimate of drug-likeness (QED) is 0.804. The van der Waals surface area contributed by atoms with Gasteiger partial charge in [-0.15, -0.1) is 0 Å². The lowest BCUT2D eigenvalue weighted by atomic mass is 10.1. The smallest absolute Gasteiger partial charge is 0.142 e. The summed E-state index contributed by atoms with van der Waals surface area (Å²) >= 11 is 0. The lowest BCUT2D eigenvalue weighted by molar-refractivity contribution is 0.272. The highest BCUT2D eigenvalue weighted by molar-refractivity contribution is 5.57. The lowest BCUT2D eigenvalue weighted by Gasteiger charge is -2.19. The highest BCUT2D eigenvalue weighted by atomic mass is 19.1. The van der Waals surface area contributed by atoms with Crippen LogP contribution in [0, 0.1) is 11.7 Å². The van der Waals surface area contributed by atoms with Crippen molar-refractivity contribution in [1.29, 1.82) is 0 Å². The molecule has 0 amide bonds. The number of ether oxygens (including phenoxy) is 1. The van der Waals surface area contributed by atoms with Crippen molar-refractivity contribution < 1.29 is 9.13 Å². The summed E-state index contributed by atoms with van der Waals surface area (Å²) in [7, 11) is 0. The first kappa shape index (κ1) is 15.4. The molecule has 1 N–H and O–H groups in total. The summed E-state index contributed by atoms with van der Waals surface area (Å²) in [5.74, 6) is 1.08. The van der Waals surface area contributed by atoms with Crippen LogP contribution < -0.4 is 10.1 Å². The van der Waals surface area contributed by atoms with Crippen LogP contribution >= 0.6 is 0 Å². The van der Waals surface area contributed by atoms with Crippen molar-refractivity contribution in [2.24, 2.45) is 5.92 Å². The second-order valence-corrected chi connectivity index (χ2v) is 5.62. The second kappa shape index (κ2) is 7.11. The van der Waals surface area contributed by atoms with E-state index < -0.39 is 0 Å². The van der Waals surface area contributed by atoms with Gasteiger partial charge in [0.25, 0.3) is 0 Å². The Hall–Kier alpha value is -2.03. The number of rotatable bonds is 6. The Morgan fingerprint density at radius 3 is 2.52 bits per heavy atom. The van der Waals surface area contributed by atoms with E-state index in [0.717, 1.165) is 17.0 Å². The van der Waals surface area contributed by atoms with Crippen LogP contribution in [0.2, 0.25) is 0 Å². The molecule has 112 valence electrons. The Labute approximate surface area is 126 Å². The van der Waals surface area contributed by atoms with Gasteiger partial charge in [-0.05, 0) is 42.7 Å². The first-order valence-electron chi connectivity index (χ1n) is 7.30. The first-order valence-corrected chi connectivity index (χ1v) is 7.30. The van der Waals surface area contributed by atoms with Crippen LogP contribution in [0.25, 0.3) is 0 Å². The van der Waals surface area contributed by atoms with E-state index >= 15 is 0 Å². The number of halogens is 1. The zero-order valence-electron chi connectivity index (χ0n) is 12.8. The van der Waals surface area contributed by atoms with Crippen LogP contribution in [0.4, 0.5) is 10.1 Å². The summed E-state index contributed by atoms with van der Waals surface area (Å²) in [4.78, 5) is 0. The topological polar surface area (TPSA) is 21.3 Å². The SMILES string of the molecule is CC(C)COc1ccccc1NC(C)c1cccc(F)c1. The maximum absolute atomic E-state index is 13.3. The maximum atomic E-state index is 13.3. The Balaban J connectivity index is 2.11. The molecule has 0 aliphatic heterocycles. The largest absolute Gasteiger partial charge is 0.491 e. The van der Waals surface area contributed by atoms with E-state index in [4.69, 9.17) is 4.74 Å². The van der Waals surface area contributed by atoms with Gasteiger partial charge in [-0.25, -0.2) is 4.39 Å². The zero-order valence-corrected chi connectivity index (χ0v) is 12.8. The molecular weight excluding hydrogens is 265 g/mol. The average Bonchev–Trinajstić information content (AvgIpc) is 2.46. The maximum Gasteiger partial charge on any atom is 0.142 e. The molecule has 0 heterocycles. The van der Waals surface area contributed by atoms with E-state index in [1.807, 2.05) is 37.3 Å². The molecule has 1 atom stereocenters. The molecule has 3 heteroatoms. The molecule has 21 heavy (non-hydrogen) atoms. The van der Waals surface area contributed by atoms with Crippen molar-refractivity contribution in [1.82, 2.24) is 0 Å². The third kappa shape index (κ3) is 4.48. The number of hydrogen-bond acceptors (Lipinski definition) is 2. The van der Waals surface area contributed by atoms with E-state index in [1.165, 1.54) is 6.07 Å². The Bertz CT molecular complexity index is 583. The van der Waals surface area contributed by atoms with Gasteiger partial charge in [-0.1, -0.05) is 38.1 Å². The minimum absolute atomic E-state index is 0.00417. The van der Waals surface area contributed by atoms with Crippen LogP contribution in [0.3, 0.4) is 0 Å². The summed E-state index contributed by atoms with van der Waals surface area (Å²) < 4.78 is 19.1. The fraction of sp³-hybridized carbons (Fsp3) is 0.333. The van der Waals surface area contributed by atoms with Gasteiger partial charge in [0.05, 0.1) is 12.3 Å². The minimum Gasteiger partial charge on any atom is -0.491 e. The fourth-order valence-corrected chi connectivity index (χ4v) is 2.06. The van der Waals surface area contributed by atoms with Crippen LogP contribution in [0.15, 0.2) is 48.5 Å². The van der Waals surface area contributed by atoms with Gasteiger partial charge in [0.1, 0.15) is 11.6 Å². The molecule has 1 unspecified atom stereocenters. The summed E-state index contributed by atoms with van der Waals surface area (Å²) in [6.45, 7) is 6.91. The van der Waals surface area contributed by atoms with E-state index in [0.29, 0.717) is 12.5 Å². The molecule has 2 aromatic rings. The number of nitrogens with one attached hydrogen (secondary N) is 1. The van der Waals surface area contributed by atoms with E-state index in [1.54, 1.807) is 12.1 Å². The van der Waals surface area contributed by atoms with E-state index in [-0.39, 0.29) is 11.9 Å². The van der Waals surface area contributed by atoms with E-state index in [2.05, 4.69) is 19.2 Å². The summed E-state index contributed by atoms with van der Waals surface area (Å²) in [6, 6.07) is 14.5. The minimum atomic E-state index is -0.217. The standard InChI is InChI=1S/C18H22FNO/c1-13(2)12-21-18-10-5-4-9-17(18)20-14(3)15-7-6-8-16(19)11-15/h4-11,13-14,20H,12H2,1-3H3. The molecule has 0 radical (unpaired) electrons. The van der Waals surface area contributed by atoms with Crippen LogP contribution in [-0.4, -0.2) is 6.61 Å². The Morgan fingerprint density at radius 1 is 1.05 bits per heavy atom. The van der Waals surface area contributed by atoms with Crippen LogP contribution in [0.1, 0.15) is 32.4 Å². The molecule has 0 fully saturated rings. The van der Waals surface area contributed by atoms with E-state index in [9.17, 15) is 4.39 Å². The fourth-order valence-electron chi connectivity index (χ4n) is 2.06. The van der Waals surface area contributed by atoms with Crippen molar-refractivity contribution >= 4 is 5.69 Å². The lowest BCUT2D eigenvalue weighted by Crippen LogP contribution is -2.10. The summed E-state index contributed by atoms with van der Waals surface area (Å²) in [5.41, 5.74) is 1.84. The van der Waals surface area contributed by atoms with Gasteiger partial charge in [-0.3, -0.25) is 0 Å². The third-order valence-electron chi connectivity index (χ3n) is 3.18. The van der Waals surface area contributed by atoms with Crippen LogP contribution in [0.5, 0.6) is 5.75 Å². The third-order valence-corrected chi connectivity index (χ3v) is 3.18. The van der Waals surface area contributed by atoms with Gasteiger partial charge in [-0.2, -0.15) is 0 Å². The molecule has 0 aliphatic rings. The highest BCUT2D eigenvalue weighted by Gasteiger charge is 2.10. The monoisotopic (exact) mass is 287 g/mol. The molecule has 2 nitrogen and oxygen atoms in total. The van der Waals surface area contributed by atoms with Crippen LogP contribution in [-0.2, 0) is 0 Å². The van der Waals surface area contributed by atoms with Gasteiger partial charge >= 0.3 is 0 Å². The number of hydrogen-bond donors (Lipinski definition) is 1. The Kier molecular flexibility index (Phi) is 5.20. The molecule has 0 bridgehead atoms. The van der Waals surface area contributed by atoms with Crippen molar-refractivity contribution in [2.75, 3.05) is 11.9 Å². The molecule has 0 aromatic heterocycles. The van der Waals surface area contributed by atoms with Gasteiger partial charge in [0.15, 0.2) is 0 Å². The first-order chi connectivity index (χ1) is 10.1. The number of benzene rings is 2. The molecule has 2 rings (SSSR count). The van der Waals surface area contributed by atoms with Gasteiger partial charge < -0.3 is 10.1 Å². The zero-order chi connectivity index (χ0) is 15.2. The molecule has 0 aliphatic carbocycles. The second-order valence-electron chi connectivity index (χ2n) is 5.62. The highest BCUT2D eigenvalue weighted by Crippen LogP contribution is 2.28. The predicted octanol–water partition coefficient (Wildman–Crippen LogP) is 5.03. The molecular formula is C18H22FNO. The Morgan fingerprint density at radius 2 is 1.81 bits per heavy atom. The molecule has 0 saturated carbocycles. The molecule has 0 saturated heterocycles. The van der Waals surface area contributed by atoms with Crippen molar-refractivity contribution in [3.05, 3.63) is 59.9 Å². The number of anilines is 1. The van der Waals surface area contributed by atoms with Gasteiger partial charge in [0, 0.05) is 6.04 Å². The molecule has 0 spiro atoms. The summed E-state index contributed by atoms with van der Waals surface area (Å²) in [6.07, 6.45) is 0.